The molecule has 0 heterocycles. The number of ketones is 1. The van der Waals surface area contributed by atoms with Gasteiger partial charge in [-0.15, -0.1) is 0 Å². The third-order valence-electron chi connectivity index (χ3n) is 1.74. The van der Waals surface area contributed by atoms with Crippen molar-refractivity contribution in [2.45, 2.75) is 32.2 Å². The first-order valence-electron chi connectivity index (χ1n) is 4.35. The zero-order valence-electron chi connectivity index (χ0n) is 7.99. The maximum atomic E-state index is 10.7. The van der Waals surface area contributed by atoms with Crippen molar-refractivity contribution in [2.75, 3.05) is 6.54 Å². The standard InChI is InChI=1S/C8H18N4O/c1-6(13)7(9)4-2-3-5-12-8(10)11/h7H,2-5,9H2,1H3,(H4,10,11,12)/t7-/m1/s1. The van der Waals surface area contributed by atoms with Gasteiger partial charge in [0.05, 0.1) is 6.04 Å². The first kappa shape index (κ1) is 11.9. The van der Waals surface area contributed by atoms with Gasteiger partial charge in [0.15, 0.2) is 5.96 Å². The second-order valence-electron chi connectivity index (χ2n) is 3.02. The van der Waals surface area contributed by atoms with E-state index in [9.17, 15) is 4.79 Å². The van der Waals surface area contributed by atoms with Crippen molar-refractivity contribution in [3.8, 4) is 0 Å². The smallest absolute Gasteiger partial charge is 0.185 e. The highest BCUT2D eigenvalue weighted by Gasteiger charge is 2.06. The van der Waals surface area contributed by atoms with Gasteiger partial charge in [-0.3, -0.25) is 9.79 Å². The lowest BCUT2D eigenvalue weighted by Gasteiger charge is -2.05. The van der Waals surface area contributed by atoms with Crippen LogP contribution in [0.25, 0.3) is 0 Å². The lowest BCUT2D eigenvalue weighted by molar-refractivity contribution is -0.118. The zero-order valence-corrected chi connectivity index (χ0v) is 7.99. The Bertz CT molecular complexity index is 187. The van der Waals surface area contributed by atoms with Crippen molar-refractivity contribution < 1.29 is 4.79 Å². The molecule has 0 saturated heterocycles. The number of unbranched alkanes of at least 4 members (excludes halogenated alkanes) is 1. The molecule has 0 aliphatic rings. The predicted octanol–water partition coefficient (Wildman–Crippen LogP) is -0.654. The Balaban J connectivity index is 3.36. The van der Waals surface area contributed by atoms with E-state index in [1.807, 2.05) is 0 Å². The monoisotopic (exact) mass is 186 g/mol. The lowest BCUT2D eigenvalue weighted by Crippen LogP contribution is -2.28. The third-order valence-corrected chi connectivity index (χ3v) is 1.74. The van der Waals surface area contributed by atoms with Gasteiger partial charge in [0.25, 0.3) is 0 Å². The summed E-state index contributed by atoms with van der Waals surface area (Å²) in [6.45, 7) is 2.10. The number of Topliss-reactive ketones (excluding diaryl/α,β-unsaturated/α-hetero) is 1. The maximum Gasteiger partial charge on any atom is 0.185 e. The molecular weight excluding hydrogens is 168 g/mol. The average molecular weight is 186 g/mol. The van der Waals surface area contributed by atoms with Gasteiger partial charge >= 0.3 is 0 Å². The molecule has 0 radical (unpaired) electrons. The molecule has 0 aromatic rings. The van der Waals surface area contributed by atoms with E-state index in [0.717, 1.165) is 12.8 Å². The van der Waals surface area contributed by atoms with E-state index < -0.39 is 0 Å². The second kappa shape index (κ2) is 6.42. The number of rotatable bonds is 6. The number of carbonyl (C=O) groups excluding carboxylic acids is 1. The fourth-order valence-electron chi connectivity index (χ4n) is 0.887. The molecule has 0 aliphatic heterocycles. The molecule has 0 aliphatic carbocycles. The molecule has 5 heteroatoms. The summed E-state index contributed by atoms with van der Waals surface area (Å²) in [6, 6.07) is -0.334. The van der Waals surface area contributed by atoms with Crippen LogP contribution in [0.5, 0.6) is 0 Å². The zero-order chi connectivity index (χ0) is 10.3. The van der Waals surface area contributed by atoms with Gasteiger partial charge in [-0.1, -0.05) is 0 Å². The van der Waals surface area contributed by atoms with E-state index >= 15 is 0 Å². The molecule has 0 rings (SSSR count). The summed E-state index contributed by atoms with van der Waals surface area (Å²) in [4.78, 5) is 14.5. The summed E-state index contributed by atoms with van der Waals surface area (Å²) >= 11 is 0. The fraction of sp³-hybridized carbons (Fsp3) is 0.750. The third kappa shape index (κ3) is 7.27. The number of nitrogens with two attached hydrogens (primary N) is 3. The molecule has 0 amide bonds. The molecule has 0 aromatic heterocycles. The molecule has 0 fully saturated rings. The van der Waals surface area contributed by atoms with Crippen LogP contribution >= 0.6 is 0 Å². The van der Waals surface area contributed by atoms with Gasteiger partial charge in [-0.2, -0.15) is 0 Å². The first-order chi connectivity index (χ1) is 6.04. The molecule has 0 unspecified atom stereocenters. The normalized spacial score (nSPS) is 12.2. The lowest BCUT2D eigenvalue weighted by atomic mass is 10.1. The van der Waals surface area contributed by atoms with E-state index in [-0.39, 0.29) is 17.8 Å². The number of hydrogen-bond acceptors (Lipinski definition) is 3. The highest BCUT2D eigenvalue weighted by molar-refractivity contribution is 5.81. The van der Waals surface area contributed by atoms with E-state index in [1.54, 1.807) is 0 Å². The minimum atomic E-state index is -0.334. The van der Waals surface area contributed by atoms with Crippen LogP contribution in [-0.2, 0) is 4.79 Å². The number of aliphatic imine (C=N–C) groups is 1. The first-order valence-corrected chi connectivity index (χ1v) is 4.35. The predicted molar refractivity (Wildman–Crippen MR) is 53.2 cm³/mol. The van der Waals surface area contributed by atoms with E-state index in [4.69, 9.17) is 17.2 Å². The van der Waals surface area contributed by atoms with Crippen LogP contribution in [0.2, 0.25) is 0 Å². The Morgan fingerprint density at radius 3 is 2.46 bits per heavy atom. The summed E-state index contributed by atoms with van der Waals surface area (Å²) in [6.07, 6.45) is 2.44. The fourth-order valence-corrected chi connectivity index (χ4v) is 0.887. The van der Waals surface area contributed by atoms with Crippen molar-refractivity contribution in [1.29, 1.82) is 0 Å². The van der Waals surface area contributed by atoms with Crippen LogP contribution in [0, 0.1) is 0 Å². The number of nitrogens with zero attached hydrogens (tertiary/aromatic N) is 1. The average Bonchev–Trinajstić information content (AvgIpc) is 2.02. The van der Waals surface area contributed by atoms with Crippen molar-refractivity contribution in [3.05, 3.63) is 0 Å². The second-order valence-corrected chi connectivity index (χ2v) is 3.02. The molecule has 76 valence electrons. The highest BCUT2D eigenvalue weighted by Crippen LogP contribution is 1.99. The SMILES string of the molecule is CC(=O)[C@H](N)CCCCN=C(N)N. The molecule has 0 bridgehead atoms. The molecule has 1 atom stereocenters. The van der Waals surface area contributed by atoms with Crippen LogP contribution < -0.4 is 17.2 Å². The molecule has 0 saturated carbocycles. The van der Waals surface area contributed by atoms with Gasteiger partial charge in [-0.25, -0.2) is 0 Å². The van der Waals surface area contributed by atoms with Gasteiger partial charge in [0.1, 0.15) is 5.78 Å². The molecule has 5 nitrogen and oxygen atoms in total. The summed E-state index contributed by atoms with van der Waals surface area (Å²) in [7, 11) is 0. The van der Waals surface area contributed by atoms with E-state index in [0.29, 0.717) is 13.0 Å². The number of hydrogen-bond donors (Lipinski definition) is 3. The van der Waals surface area contributed by atoms with Crippen LogP contribution in [0.4, 0.5) is 0 Å². The Morgan fingerprint density at radius 2 is 2.00 bits per heavy atom. The largest absolute Gasteiger partial charge is 0.370 e. The maximum absolute atomic E-state index is 10.7. The van der Waals surface area contributed by atoms with E-state index in [1.165, 1.54) is 6.92 Å². The summed E-state index contributed by atoms with van der Waals surface area (Å²) in [5.74, 6) is 0.137. The van der Waals surface area contributed by atoms with Crippen molar-refractivity contribution >= 4 is 11.7 Å². The summed E-state index contributed by atoms with van der Waals surface area (Å²) < 4.78 is 0. The quantitative estimate of drug-likeness (QED) is 0.291. The summed E-state index contributed by atoms with van der Waals surface area (Å²) in [5, 5.41) is 0. The number of carbonyl (C=O) groups is 1. The van der Waals surface area contributed by atoms with Crippen LogP contribution in [-0.4, -0.2) is 24.3 Å². The van der Waals surface area contributed by atoms with Crippen molar-refractivity contribution in [3.63, 3.8) is 0 Å². The van der Waals surface area contributed by atoms with Crippen molar-refractivity contribution in [1.82, 2.24) is 0 Å². The Labute approximate surface area is 78.4 Å². The Morgan fingerprint density at radius 1 is 1.38 bits per heavy atom. The molecule has 0 spiro atoms. The highest BCUT2D eigenvalue weighted by atomic mass is 16.1. The Kier molecular flexibility index (Phi) is 5.88. The van der Waals surface area contributed by atoms with Gasteiger partial charge in [0, 0.05) is 6.54 Å². The molecule has 0 aromatic carbocycles. The van der Waals surface area contributed by atoms with Gasteiger partial charge in [0.2, 0.25) is 0 Å². The van der Waals surface area contributed by atoms with Gasteiger partial charge in [-0.05, 0) is 26.2 Å². The minimum Gasteiger partial charge on any atom is -0.370 e. The molecular formula is C8H18N4O. The van der Waals surface area contributed by atoms with Crippen LogP contribution in [0.15, 0.2) is 4.99 Å². The van der Waals surface area contributed by atoms with Crippen molar-refractivity contribution in [2.24, 2.45) is 22.2 Å². The van der Waals surface area contributed by atoms with E-state index in [2.05, 4.69) is 4.99 Å². The van der Waals surface area contributed by atoms with Crippen LogP contribution in [0.3, 0.4) is 0 Å². The topological polar surface area (TPSA) is 107 Å². The van der Waals surface area contributed by atoms with Crippen LogP contribution in [0.1, 0.15) is 26.2 Å². The Hall–Kier alpha value is -1.10. The minimum absolute atomic E-state index is 0.0295. The molecule has 13 heavy (non-hydrogen) atoms. The number of guanidine groups is 1. The summed E-state index contributed by atoms with van der Waals surface area (Å²) in [5.41, 5.74) is 15.8. The molecule has 6 N–H and O–H groups in total. The van der Waals surface area contributed by atoms with Gasteiger partial charge < -0.3 is 17.2 Å².